The largest absolute Gasteiger partial charge is 0.354 e. The van der Waals surface area contributed by atoms with Gasteiger partial charge in [-0.05, 0) is 91.6 Å². The molecule has 0 radical (unpaired) electrons. The fraction of sp³-hybridized carbons (Fsp3) is 0.156. The summed E-state index contributed by atoms with van der Waals surface area (Å²) in [5.74, 6) is -0.862. The van der Waals surface area contributed by atoms with E-state index in [1.165, 1.54) is 16.8 Å². The Balaban J connectivity index is 1.55. The summed E-state index contributed by atoms with van der Waals surface area (Å²) >= 11 is 0. The molecule has 5 rings (SSSR count). The van der Waals surface area contributed by atoms with Crippen LogP contribution in [-0.2, 0) is 5.54 Å². The molecule has 0 aliphatic heterocycles. The fourth-order valence-electron chi connectivity index (χ4n) is 4.72. The van der Waals surface area contributed by atoms with Crippen molar-refractivity contribution in [3.63, 3.8) is 0 Å². The van der Waals surface area contributed by atoms with Crippen molar-refractivity contribution >= 4 is 22.7 Å². The Morgan fingerprint density at radius 2 is 1.59 bits per heavy atom. The predicted molar refractivity (Wildman–Crippen MR) is 152 cm³/mol. The molecule has 2 N–H and O–H groups in total. The molecule has 2 amide bonds. The summed E-state index contributed by atoms with van der Waals surface area (Å²) in [5.41, 5.74) is 5.24. The molecule has 0 saturated heterocycles. The summed E-state index contributed by atoms with van der Waals surface area (Å²) in [4.78, 5) is 26.3. The lowest BCUT2D eigenvalue weighted by atomic mass is 9.93. The number of nitrogens with one attached hydrogen (secondary N) is 2. The lowest BCUT2D eigenvalue weighted by Gasteiger charge is -2.27. The molecule has 39 heavy (non-hydrogen) atoms. The standard InChI is InChI=1S/C32H29FN4O2/c1-20-10-11-22(30(38)35-32(2,3)23-8-6-5-7-9-23)19-26(20)21-12-17-28-27(18-21)29(31(39)34-4)37(36-28)25-15-13-24(33)14-16-25/h5-19H,1-4H3,(H,34,39)(H,35,38). The SMILES string of the molecule is CNC(=O)c1c2cc(-c3cc(C(=O)NC(C)(C)c4ccccc4)ccc3C)ccc2nn1-c1ccc(F)cc1. The molecule has 0 aliphatic carbocycles. The third-order valence-electron chi connectivity index (χ3n) is 6.92. The Morgan fingerprint density at radius 1 is 0.872 bits per heavy atom. The van der Waals surface area contributed by atoms with Crippen molar-refractivity contribution in [1.82, 2.24) is 20.4 Å². The van der Waals surface area contributed by atoms with Crippen LogP contribution in [0.15, 0.2) is 91.0 Å². The van der Waals surface area contributed by atoms with E-state index in [2.05, 4.69) is 15.7 Å². The highest BCUT2D eigenvalue weighted by Gasteiger charge is 2.24. The van der Waals surface area contributed by atoms with E-state index in [-0.39, 0.29) is 17.6 Å². The summed E-state index contributed by atoms with van der Waals surface area (Å²) in [7, 11) is 1.56. The number of rotatable bonds is 6. The highest BCUT2D eigenvalue weighted by atomic mass is 19.1. The molecule has 1 aromatic heterocycles. The third kappa shape index (κ3) is 5.03. The second-order valence-corrected chi connectivity index (χ2v) is 10.0. The zero-order chi connectivity index (χ0) is 27.7. The molecule has 4 aromatic carbocycles. The van der Waals surface area contributed by atoms with Crippen LogP contribution >= 0.6 is 0 Å². The first-order chi connectivity index (χ1) is 18.7. The van der Waals surface area contributed by atoms with E-state index in [4.69, 9.17) is 0 Å². The first kappa shape index (κ1) is 25.9. The van der Waals surface area contributed by atoms with E-state index in [1.54, 1.807) is 19.2 Å². The zero-order valence-corrected chi connectivity index (χ0v) is 22.2. The third-order valence-corrected chi connectivity index (χ3v) is 6.92. The smallest absolute Gasteiger partial charge is 0.270 e. The van der Waals surface area contributed by atoms with E-state index < -0.39 is 5.54 Å². The van der Waals surface area contributed by atoms with Gasteiger partial charge in [-0.2, -0.15) is 5.10 Å². The number of carbonyl (C=O) groups is 2. The molecule has 6 nitrogen and oxygen atoms in total. The number of nitrogens with zero attached hydrogens (tertiary/aromatic N) is 2. The van der Waals surface area contributed by atoms with E-state index in [1.807, 2.05) is 87.5 Å². The maximum absolute atomic E-state index is 13.5. The minimum absolute atomic E-state index is 0.179. The van der Waals surface area contributed by atoms with Crippen LogP contribution < -0.4 is 10.6 Å². The summed E-state index contributed by atoms with van der Waals surface area (Å²) < 4.78 is 15.1. The fourth-order valence-corrected chi connectivity index (χ4v) is 4.72. The van der Waals surface area contributed by atoms with Crippen molar-refractivity contribution in [3.05, 3.63) is 119 Å². The lowest BCUT2D eigenvalue weighted by Crippen LogP contribution is -2.40. The van der Waals surface area contributed by atoms with Crippen molar-refractivity contribution in [2.45, 2.75) is 26.3 Å². The van der Waals surface area contributed by atoms with Gasteiger partial charge in [-0.25, -0.2) is 9.07 Å². The second kappa shape index (κ2) is 10.2. The maximum Gasteiger partial charge on any atom is 0.270 e. The molecule has 0 spiro atoms. The Hall–Kier alpha value is -4.78. The minimum Gasteiger partial charge on any atom is -0.354 e. The number of aryl methyl sites for hydroxylation is 1. The quantitative estimate of drug-likeness (QED) is 0.281. The van der Waals surface area contributed by atoms with Gasteiger partial charge in [0.1, 0.15) is 11.5 Å². The van der Waals surface area contributed by atoms with Crippen LogP contribution in [0, 0.1) is 12.7 Å². The number of amides is 2. The van der Waals surface area contributed by atoms with Gasteiger partial charge in [0.05, 0.1) is 16.7 Å². The first-order valence-electron chi connectivity index (χ1n) is 12.7. The number of halogens is 1. The Labute approximate surface area is 226 Å². The molecule has 196 valence electrons. The monoisotopic (exact) mass is 520 g/mol. The minimum atomic E-state index is -0.556. The number of hydrogen-bond donors (Lipinski definition) is 2. The highest BCUT2D eigenvalue weighted by molar-refractivity contribution is 6.06. The number of hydrogen-bond acceptors (Lipinski definition) is 3. The summed E-state index contributed by atoms with van der Waals surface area (Å²) in [6, 6.07) is 27.0. The van der Waals surface area contributed by atoms with Gasteiger partial charge in [0, 0.05) is 18.0 Å². The van der Waals surface area contributed by atoms with Crippen LogP contribution in [-0.4, -0.2) is 28.6 Å². The van der Waals surface area contributed by atoms with Crippen LogP contribution in [0.5, 0.6) is 0 Å². The van der Waals surface area contributed by atoms with Gasteiger partial charge in [-0.15, -0.1) is 0 Å². The second-order valence-electron chi connectivity index (χ2n) is 10.0. The molecule has 0 atom stereocenters. The molecule has 0 fully saturated rings. The lowest BCUT2D eigenvalue weighted by molar-refractivity contribution is 0.0910. The number of carbonyl (C=O) groups excluding carboxylic acids is 2. The molecule has 0 saturated carbocycles. The number of aromatic nitrogens is 2. The molecule has 0 aliphatic rings. The van der Waals surface area contributed by atoms with Crippen molar-refractivity contribution in [3.8, 4) is 16.8 Å². The highest BCUT2D eigenvalue weighted by Crippen LogP contribution is 2.31. The summed E-state index contributed by atoms with van der Waals surface area (Å²) in [6.07, 6.45) is 0. The number of fused-ring (bicyclic) bond motifs is 1. The van der Waals surface area contributed by atoms with E-state index in [0.717, 1.165) is 22.3 Å². The Kier molecular flexibility index (Phi) is 6.74. The molecule has 0 bridgehead atoms. The van der Waals surface area contributed by atoms with Gasteiger partial charge in [-0.3, -0.25) is 9.59 Å². The van der Waals surface area contributed by atoms with E-state index >= 15 is 0 Å². The topological polar surface area (TPSA) is 76.0 Å². The van der Waals surface area contributed by atoms with E-state index in [0.29, 0.717) is 27.8 Å². The van der Waals surface area contributed by atoms with Gasteiger partial charge in [0.15, 0.2) is 0 Å². The summed E-state index contributed by atoms with van der Waals surface area (Å²) in [6.45, 7) is 5.93. The average Bonchev–Trinajstić information content (AvgIpc) is 3.32. The van der Waals surface area contributed by atoms with Gasteiger partial charge in [-0.1, -0.05) is 42.5 Å². The van der Waals surface area contributed by atoms with Crippen molar-refractivity contribution in [1.29, 1.82) is 0 Å². The maximum atomic E-state index is 13.5. The number of benzene rings is 4. The molecule has 7 heteroatoms. The van der Waals surface area contributed by atoms with Crippen LogP contribution in [0.3, 0.4) is 0 Å². The van der Waals surface area contributed by atoms with E-state index in [9.17, 15) is 14.0 Å². The van der Waals surface area contributed by atoms with Crippen molar-refractivity contribution in [2.24, 2.45) is 0 Å². The normalized spacial score (nSPS) is 11.4. The van der Waals surface area contributed by atoms with Gasteiger partial charge in [0.2, 0.25) is 0 Å². The van der Waals surface area contributed by atoms with Crippen LogP contribution in [0.4, 0.5) is 4.39 Å². The Morgan fingerprint density at radius 3 is 2.28 bits per heavy atom. The molecular weight excluding hydrogens is 491 g/mol. The van der Waals surface area contributed by atoms with Crippen LogP contribution in [0.1, 0.15) is 45.8 Å². The average molecular weight is 521 g/mol. The Bertz CT molecular complexity index is 1690. The van der Waals surface area contributed by atoms with Gasteiger partial charge < -0.3 is 10.6 Å². The van der Waals surface area contributed by atoms with Gasteiger partial charge in [0.25, 0.3) is 11.8 Å². The molecule has 0 unspecified atom stereocenters. The van der Waals surface area contributed by atoms with Crippen molar-refractivity contribution < 1.29 is 14.0 Å². The van der Waals surface area contributed by atoms with Crippen LogP contribution in [0.25, 0.3) is 27.7 Å². The van der Waals surface area contributed by atoms with Crippen LogP contribution in [0.2, 0.25) is 0 Å². The first-order valence-corrected chi connectivity index (χ1v) is 12.7. The van der Waals surface area contributed by atoms with Gasteiger partial charge >= 0.3 is 0 Å². The van der Waals surface area contributed by atoms with Crippen molar-refractivity contribution in [2.75, 3.05) is 7.05 Å². The summed E-state index contributed by atoms with van der Waals surface area (Å²) in [5, 5.41) is 11.1. The predicted octanol–water partition coefficient (Wildman–Crippen LogP) is 6.16. The zero-order valence-electron chi connectivity index (χ0n) is 22.2. The molecule has 5 aromatic rings. The molecular formula is C32H29FN4O2. The molecule has 1 heterocycles.